The summed E-state index contributed by atoms with van der Waals surface area (Å²) in [4.78, 5) is 26.4. The van der Waals surface area contributed by atoms with E-state index in [1.54, 1.807) is 20.8 Å². The van der Waals surface area contributed by atoms with Gasteiger partial charge in [-0.15, -0.1) is 0 Å². The lowest BCUT2D eigenvalue weighted by atomic mass is 9.94. The highest BCUT2D eigenvalue weighted by Crippen LogP contribution is 2.38. The molecule has 6 nitrogen and oxygen atoms in total. The summed E-state index contributed by atoms with van der Waals surface area (Å²) >= 11 is 0. The molecule has 0 aromatic heterocycles. The Balaban J connectivity index is 1.87. The molecule has 0 unspecified atom stereocenters. The van der Waals surface area contributed by atoms with Gasteiger partial charge in [0.05, 0.1) is 17.2 Å². The second-order valence-corrected chi connectivity index (χ2v) is 9.66. The van der Waals surface area contributed by atoms with Crippen molar-refractivity contribution in [1.82, 2.24) is 10.2 Å². The van der Waals surface area contributed by atoms with Crippen LogP contribution in [0.4, 0.5) is 50.4 Å². The number of likely N-dealkylation sites (tertiary alicyclic amines) is 1. The molecule has 1 fully saturated rings. The van der Waals surface area contributed by atoms with Gasteiger partial charge in [0.2, 0.25) is 0 Å². The number of urea groups is 1. The van der Waals surface area contributed by atoms with Crippen LogP contribution in [-0.2, 0) is 17.1 Å². The number of nitrogens with one attached hydrogen (secondary N) is 2. The van der Waals surface area contributed by atoms with E-state index in [2.05, 4.69) is 5.32 Å². The molecule has 1 heterocycles. The number of anilines is 1. The number of hydrogen-bond donors (Lipinski definition) is 2. The minimum atomic E-state index is -5.13. The van der Waals surface area contributed by atoms with Crippen LogP contribution < -0.4 is 10.6 Å². The largest absolute Gasteiger partial charge is 0.444 e. The van der Waals surface area contributed by atoms with Crippen molar-refractivity contribution in [2.45, 2.75) is 50.7 Å². The van der Waals surface area contributed by atoms with Crippen LogP contribution in [0.15, 0.2) is 36.4 Å². The third-order valence-corrected chi connectivity index (χ3v) is 5.50. The summed E-state index contributed by atoms with van der Waals surface area (Å²) in [6.07, 6.45) is -11.1. The number of carbonyl (C=O) groups is 2. The first-order chi connectivity index (χ1) is 17.3. The average molecular weight is 553 g/mol. The predicted molar refractivity (Wildman–Crippen MR) is 119 cm³/mol. The summed E-state index contributed by atoms with van der Waals surface area (Å²) in [6.45, 7) is 4.40. The summed E-state index contributed by atoms with van der Waals surface area (Å²) in [6, 6.07) is 0.976. The Hall–Kier alpha value is -3.58. The van der Waals surface area contributed by atoms with Crippen molar-refractivity contribution in [1.29, 1.82) is 0 Å². The molecule has 1 aliphatic heterocycles. The Morgan fingerprint density at radius 3 is 1.97 bits per heavy atom. The molecule has 38 heavy (non-hydrogen) atoms. The standard InChI is InChI=1S/C24H23F8N3O3/c1-22(2,3)38-21(37)35-10-17(16-5-4-14(25)9-18(16)26)19(11-35)34-20(36)33-15-7-12(23(27,28)29)6-13(8-15)24(30,31)32/h4-9,17,19H,10-11H2,1-3H3,(H2,33,34,36)/t17-,19+/m0/s1. The number of hydrogen-bond acceptors (Lipinski definition) is 3. The van der Waals surface area contributed by atoms with Gasteiger partial charge in [0.15, 0.2) is 0 Å². The lowest BCUT2D eigenvalue weighted by molar-refractivity contribution is -0.143. The Morgan fingerprint density at radius 1 is 0.895 bits per heavy atom. The van der Waals surface area contributed by atoms with Crippen LogP contribution in [0, 0.1) is 11.6 Å². The van der Waals surface area contributed by atoms with E-state index >= 15 is 0 Å². The maximum Gasteiger partial charge on any atom is 0.416 e. The molecule has 2 N–H and O–H groups in total. The molecule has 0 spiro atoms. The highest BCUT2D eigenvalue weighted by molar-refractivity contribution is 5.90. The van der Waals surface area contributed by atoms with Gasteiger partial charge in [-0.3, -0.25) is 0 Å². The van der Waals surface area contributed by atoms with Crippen LogP contribution in [0.3, 0.4) is 0 Å². The summed E-state index contributed by atoms with van der Waals surface area (Å²) in [5.74, 6) is -2.79. The maximum atomic E-state index is 14.6. The summed E-state index contributed by atoms with van der Waals surface area (Å²) in [5, 5.41) is 4.29. The molecular formula is C24H23F8N3O3. The van der Waals surface area contributed by atoms with Gasteiger partial charge in [-0.25, -0.2) is 18.4 Å². The van der Waals surface area contributed by atoms with E-state index in [1.165, 1.54) is 0 Å². The number of rotatable bonds is 3. The molecule has 2 aromatic carbocycles. The van der Waals surface area contributed by atoms with Gasteiger partial charge >= 0.3 is 24.5 Å². The Morgan fingerprint density at radius 2 is 1.47 bits per heavy atom. The molecule has 3 amide bonds. The van der Waals surface area contributed by atoms with Crippen molar-refractivity contribution in [3.8, 4) is 0 Å². The molecule has 1 aliphatic rings. The molecule has 0 saturated carbocycles. The zero-order valence-corrected chi connectivity index (χ0v) is 20.2. The number of halogens is 8. The summed E-state index contributed by atoms with van der Waals surface area (Å²) in [7, 11) is 0. The van der Waals surface area contributed by atoms with Crippen molar-refractivity contribution in [3.63, 3.8) is 0 Å². The third kappa shape index (κ3) is 7.25. The predicted octanol–water partition coefficient (Wildman–Crippen LogP) is 6.53. The van der Waals surface area contributed by atoms with Gasteiger partial charge in [-0.2, -0.15) is 26.3 Å². The molecule has 0 bridgehead atoms. The summed E-state index contributed by atoms with van der Waals surface area (Å²) in [5.41, 5.74) is -5.02. The van der Waals surface area contributed by atoms with Crippen LogP contribution in [0.5, 0.6) is 0 Å². The van der Waals surface area contributed by atoms with Gasteiger partial charge in [0.1, 0.15) is 17.2 Å². The first-order valence-electron chi connectivity index (χ1n) is 11.1. The fourth-order valence-corrected chi connectivity index (χ4v) is 3.91. The lowest BCUT2D eigenvalue weighted by Gasteiger charge is -2.24. The zero-order chi connectivity index (χ0) is 28.6. The Kier molecular flexibility index (Phi) is 7.85. The fourth-order valence-electron chi connectivity index (χ4n) is 3.91. The first-order valence-corrected chi connectivity index (χ1v) is 11.1. The van der Waals surface area contributed by atoms with E-state index in [0.717, 1.165) is 17.0 Å². The highest BCUT2D eigenvalue weighted by Gasteiger charge is 2.41. The quantitative estimate of drug-likeness (QED) is 0.425. The van der Waals surface area contributed by atoms with Crippen molar-refractivity contribution < 1.29 is 49.4 Å². The van der Waals surface area contributed by atoms with Gasteiger partial charge < -0.3 is 20.3 Å². The van der Waals surface area contributed by atoms with Crippen molar-refractivity contribution in [2.75, 3.05) is 18.4 Å². The first kappa shape index (κ1) is 29.0. The molecule has 0 radical (unpaired) electrons. The molecule has 1 saturated heterocycles. The average Bonchev–Trinajstić information content (AvgIpc) is 3.14. The zero-order valence-electron chi connectivity index (χ0n) is 20.2. The number of carbonyl (C=O) groups excluding carboxylic acids is 2. The van der Waals surface area contributed by atoms with Crippen LogP contribution >= 0.6 is 0 Å². The molecule has 2 aromatic rings. The molecule has 3 rings (SSSR count). The van der Waals surface area contributed by atoms with Gasteiger partial charge in [-0.05, 0) is 50.6 Å². The smallest absolute Gasteiger partial charge is 0.416 e. The number of ether oxygens (including phenoxy) is 1. The van der Waals surface area contributed by atoms with Crippen molar-refractivity contribution in [3.05, 3.63) is 64.7 Å². The monoisotopic (exact) mass is 553 g/mol. The van der Waals surface area contributed by atoms with Crippen LogP contribution in [0.2, 0.25) is 0 Å². The Bertz CT molecular complexity index is 1180. The van der Waals surface area contributed by atoms with Crippen molar-refractivity contribution >= 4 is 17.8 Å². The lowest BCUT2D eigenvalue weighted by Crippen LogP contribution is -2.43. The minimum Gasteiger partial charge on any atom is -0.444 e. The fraction of sp³-hybridized carbons (Fsp3) is 0.417. The van der Waals surface area contributed by atoms with Crippen LogP contribution in [-0.4, -0.2) is 41.8 Å². The van der Waals surface area contributed by atoms with Gasteiger partial charge in [0, 0.05) is 30.8 Å². The minimum absolute atomic E-state index is 0.0683. The second-order valence-electron chi connectivity index (χ2n) is 9.66. The highest BCUT2D eigenvalue weighted by atomic mass is 19.4. The van der Waals surface area contributed by atoms with E-state index < -0.39 is 70.5 Å². The van der Waals surface area contributed by atoms with Crippen LogP contribution in [0.1, 0.15) is 43.4 Å². The summed E-state index contributed by atoms with van der Waals surface area (Å²) < 4.78 is 112. The number of benzene rings is 2. The Labute approximate surface area is 211 Å². The molecule has 14 heteroatoms. The van der Waals surface area contributed by atoms with E-state index in [0.29, 0.717) is 18.2 Å². The third-order valence-electron chi connectivity index (χ3n) is 5.50. The van der Waals surface area contributed by atoms with E-state index in [1.807, 2.05) is 5.32 Å². The number of nitrogens with zero attached hydrogens (tertiary/aromatic N) is 1. The van der Waals surface area contributed by atoms with E-state index in [-0.39, 0.29) is 24.7 Å². The van der Waals surface area contributed by atoms with E-state index in [4.69, 9.17) is 4.74 Å². The number of amides is 3. The topological polar surface area (TPSA) is 70.7 Å². The normalized spacial score (nSPS) is 18.3. The van der Waals surface area contributed by atoms with E-state index in [9.17, 15) is 44.7 Å². The van der Waals surface area contributed by atoms with Gasteiger partial charge in [0.25, 0.3) is 0 Å². The number of alkyl halides is 6. The molecule has 0 aliphatic carbocycles. The molecular weight excluding hydrogens is 530 g/mol. The van der Waals surface area contributed by atoms with Gasteiger partial charge in [-0.1, -0.05) is 6.07 Å². The molecule has 2 atom stereocenters. The SMILES string of the molecule is CC(C)(C)OC(=O)N1C[C@@H](NC(=O)Nc2cc(C(F)(F)F)cc(C(F)(F)F)c2)[C@H](c2ccc(F)cc2F)C1. The maximum absolute atomic E-state index is 14.6. The van der Waals surface area contributed by atoms with Crippen molar-refractivity contribution in [2.24, 2.45) is 0 Å². The second kappa shape index (κ2) is 10.3. The molecule has 208 valence electrons. The van der Waals surface area contributed by atoms with Crippen LogP contribution in [0.25, 0.3) is 0 Å².